The van der Waals surface area contributed by atoms with Crippen LogP contribution >= 0.6 is 0 Å². The van der Waals surface area contributed by atoms with Crippen LogP contribution in [0, 0.1) is 0 Å². The van der Waals surface area contributed by atoms with Crippen molar-refractivity contribution in [2.75, 3.05) is 39.8 Å². The minimum atomic E-state index is 0.281. The Morgan fingerprint density at radius 1 is 1.41 bits per heavy atom. The lowest BCUT2D eigenvalue weighted by molar-refractivity contribution is 0.0508. The van der Waals surface area contributed by atoms with Gasteiger partial charge in [0, 0.05) is 44.4 Å². The fraction of sp³-hybridized carbons (Fsp3) is 1.00. The van der Waals surface area contributed by atoms with Gasteiger partial charge in [0.2, 0.25) is 0 Å². The van der Waals surface area contributed by atoms with Gasteiger partial charge in [0.1, 0.15) is 0 Å². The van der Waals surface area contributed by atoms with E-state index in [2.05, 4.69) is 22.0 Å². The van der Waals surface area contributed by atoms with Gasteiger partial charge in [0.05, 0.1) is 0 Å². The lowest BCUT2D eigenvalue weighted by Crippen LogP contribution is -2.57. The van der Waals surface area contributed by atoms with Gasteiger partial charge in [-0.15, -0.1) is 0 Å². The fourth-order valence-electron chi connectivity index (χ4n) is 3.27. The average Bonchev–Trinajstić information content (AvgIpc) is 2.75. The molecule has 0 aromatic carbocycles. The standard InChI is InChI=1S/C13H27N3O/c1-11-8-15-6-3-4-13(15)10-16(11)9-12(14-2)5-7-17/h11-14,17H,3-10H2,1-2H3. The fourth-order valence-corrected chi connectivity index (χ4v) is 3.27. The predicted molar refractivity (Wildman–Crippen MR) is 70.2 cm³/mol. The minimum Gasteiger partial charge on any atom is -0.396 e. The first-order valence-corrected chi connectivity index (χ1v) is 7.00. The molecule has 2 N–H and O–H groups in total. The summed E-state index contributed by atoms with van der Waals surface area (Å²) in [7, 11) is 2.00. The number of hydrogen-bond acceptors (Lipinski definition) is 4. The molecule has 0 aromatic heterocycles. The maximum Gasteiger partial charge on any atom is 0.0446 e. The van der Waals surface area contributed by atoms with Crippen molar-refractivity contribution < 1.29 is 5.11 Å². The molecule has 0 amide bonds. The highest BCUT2D eigenvalue weighted by Crippen LogP contribution is 2.24. The first kappa shape index (κ1) is 13.3. The normalized spacial score (nSPS) is 32.6. The van der Waals surface area contributed by atoms with Gasteiger partial charge in [0.25, 0.3) is 0 Å². The smallest absolute Gasteiger partial charge is 0.0446 e. The summed E-state index contributed by atoms with van der Waals surface area (Å²) in [5.74, 6) is 0. The maximum atomic E-state index is 9.05. The van der Waals surface area contributed by atoms with Crippen LogP contribution in [0.3, 0.4) is 0 Å². The van der Waals surface area contributed by atoms with Gasteiger partial charge in [-0.2, -0.15) is 0 Å². The molecule has 2 aliphatic heterocycles. The third-order valence-electron chi connectivity index (χ3n) is 4.41. The number of rotatable bonds is 5. The highest BCUT2D eigenvalue weighted by molar-refractivity contribution is 4.91. The highest BCUT2D eigenvalue weighted by atomic mass is 16.3. The molecule has 2 saturated heterocycles. The zero-order chi connectivity index (χ0) is 12.3. The van der Waals surface area contributed by atoms with Gasteiger partial charge in [-0.05, 0) is 39.8 Å². The quantitative estimate of drug-likeness (QED) is 0.717. The van der Waals surface area contributed by atoms with E-state index in [4.69, 9.17) is 5.11 Å². The third-order valence-corrected chi connectivity index (χ3v) is 4.41. The topological polar surface area (TPSA) is 38.7 Å². The van der Waals surface area contributed by atoms with Crippen LogP contribution in [-0.4, -0.2) is 72.9 Å². The molecular weight excluding hydrogens is 214 g/mol. The summed E-state index contributed by atoms with van der Waals surface area (Å²) in [6.07, 6.45) is 3.60. The Bertz CT molecular complexity index is 237. The summed E-state index contributed by atoms with van der Waals surface area (Å²) in [5.41, 5.74) is 0. The lowest BCUT2D eigenvalue weighted by atomic mass is 10.1. The first-order valence-electron chi connectivity index (χ1n) is 7.00. The Balaban J connectivity index is 1.87. The van der Waals surface area contributed by atoms with Crippen LogP contribution < -0.4 is 5.32 Å². The predicted octanol–water partition coefficient (Wildman–Crippen LogP) is 0.125. The Kier molecular flexibility index (Phi) is 4.79. The van der Waals surface area contributed by atoms with Crippen molar-refractivity contribution in [1.82, 2.24) is 15.1 Å². The molecule has 0 saturated carbocycles. The molecule has 2 aliphatic rings. The SMILES string of the molecule is CNC(CCO)CN1CC2CCCN2CC1C. The van der Waals surface area contributed by atoms with Crippen molar-refractivity contribution in [3.05, 3.63) is 0 Å². The monoisotopic (exact) mass is 241 g/mol. The van der Waals surface area contributed by atoms with Crippen LogP contribution in [0.4, 0.5) is 0 Å². The molecule has 0 radical (unpaired) electrons. The van der Waals surface area contributed by atoms with Crippen molar-refractivity contribution in [2.24, 2.45) is 0 Å². The van der Waals surface area contributed by atoms with E-state index in [9.17, 15) is 0 Å². The highest BCUT2D eigenvalue weighted by Gasteiger charge is 2.34. The molecule has 2 fully saturated rings. The van der Waals surface area contributed by atoms with E-state index in [0.29, 0.717) is 12.1 Å². The van der Waals surface area contributed by atoms with Crippen LogP contribution in [0.25, 0.3) is 0 Å². The van der Waals surface area contributed by atoms with Gasteiger partial charge in [-0.3, -0.25) is 9.80 Å². The molecule has 3 atom stereocenters. The molecule has 3 unspecified atom stereocenters. The number of fused-ring (bicyclic) bond motifs is 1. The summed E-state index contributed by atoms with van der Waals surface area (Å²) in [4.78, 5) is 5.25. The molecule has 4 heteroatoms. The van der Waals surface area contributed by atoms with E-state index < -0.39 is 0 Å². The summed E-state index contributed by atoms with van der Waals surface area (Å²) < 4.78 is 0. The Morgan fingerprint density at radius 2 is 2.24 bits per heavy atom. The van der Waals surface area contributed by atoms with Gasteiger partial charge in [-0.1, -0.05) is 0 Å². The number of aliphatic hydroxyl groups is 1. The second-order valence-electron chi connectivity index (χ2n) is 5.59. The van der Waals surface area contributed by atoms with E-state index in [1.54, 1.807) is 0 Å². The molecule has 100 valence electrons. The summed E-state index contributed by atoms with van der Waals surface area (Å²) in [6, 6.07) is 1.87. The van der Waals surface area contributed by atoms with Gasteiger partial charge < -0.3 is 10.4 Å². The van der Waals surface area contributed by atoms with Crippen LogP contribution in [-0.2, 0) is 0 Å². The van der Waals surface area contributed by atoms with Crippen molar-refractivity contribution in [3.8, 4) is 0 Å². The molecular formula is C13H27N3O. The number of hydrogen-bond donors (Lipinski definition) is 2. The molecule has 0 aromatic rings. The first-order chi connectivity index (χ1) is 8.24. The summed E-state index contributed by atoms with van der Waals surface area (Å²) in [6.45, 7) is 7.42. The average molecular weight is 241 g/mol. The van der Waals surface area contributed by atoms with Crippen molar-refractivity contribution >= 4 is 0 Å². The summed E-state index contributed by atoms with van der Waals surface area (Å²) in [5, 5.41) is 12.4. The second-order valence-corrected chi connectivity index (χ2v) is 5.59. The zero-order valence-corrected chi connectivity index (χ0v) is 11.2. The van der Waals surface area contributed by atoms with Crippen LogP contribution in [0.15, 0.2) is 0 Å². The van der Waals surface area contributed by atoms with Crippen LogP contribution in [0.2, 0.25) is 0 Å². The van der Waals surface area contributed by atoms with Crippen molar-refractivity contribution in [2.45, 2.75) is 44.3 Å². The van der Waals surface area contributed by atoms with Gasteiger partial charge in [0.15, 0.2) is 0 Å². The molecule has 0 bridgehead atoms. The number of piperazine rings is 1. The van der Waals surface area contributed by atoms with Crippen molar-refractivity contribution in [1.29, 1.82) is 0 Å². The molecule has 4 nitrogen and oxygen atoms in total. The lowest BCUT2D eigenvalue weighted by Gasteiger charge is -2.43. The van der Waals surface area contributed by atoms with Crippen LogP contribution in [0.5, 0.6) is 0 Å². The molecule has 0 aliphatic carbocycles. The molecule has 0 spiro atoms. The maximum absolute atomic E-state index is 9.05. The Morgan fingerprint density at radius 3 is 2.94 bits per heavy atom. The summed E-state index contributed by atoms with van der Waals surface area (Å²) >= 11 is 0. The van der Waals surface area contributed by atoms with E-state index in [0.717, 1.165) is 19.0 Å². The zero-order valence-electron chi connectivity index (χ0n) is 11.2. The van der Waals surface area contributed by atoms with E-state index in [-0.39, 0.29) is 6.61 Å². The Labute approximate surface area is 105 Å². The van der Waals surface area contributed by atoms with Crippen LogP contribution in [0.1, 0.15) is 26.2 Å². The number of aliphatic hydroxyl groups excluding tert-OH is 1. The number of nitrogens with zero attached hydrogens (tertiary/aromatic N) is 2. The largest absolute Gasteiger partial charge is 0.396 e. The molecule has 17 heavy (non-hydrogen) atoms. The van der Waals surface area contributed by atoms with E-state index >= 15 is 0 Å². The van der Waals surface area contributed by atoms with E-state index in [1.165, 1.54) is 32.5 Å². The Hall–Kier alpha value is -0.160. The minimum absolute atomic E-state index is 0.281. The van der Waals surface area contributed by atoms with Crippen molar-refractivity contribution in [3.63, 3.8) is 0 Å². The van der Waals surface area contributed by atoms with E-state index in [1.807, 2.05) is 7.05 Å². The number of nitrogens with one attached hydrogen (secondary N) is 1. The second kappa shape index (κ2) is 6.14. The van der Waals surface area contributed by atoms with Gasteiger partial charge in [-0.25, -0.2) is 0 Å². The molecule has 2 rings (SSSR count). The third kappa shape index (κ3) is 3.19. The number of likely N-dealkylation sites (N-methyl/N-ethyl adjacent to an activating group) is 1. The van der Waals surface area contributed by atoms with Gasteiger partial charge >= 0.3 is 0 Å². The molecule has 2 heterocycles.